The number of carbonyl (C=O) groups excluding carboxylic acids is 2. The molecule has 1 heterocycles. The van der Waals surface area contributed by atoms with Crippen LogP contribution in [0, 0.1) is 11.8 Å². The smallest absolute Gasteiger partial charge is 0.252 e. The first-order valence-corrected chi connectivity index (χ1v) is 9.68. The van der Waals surface area contributed by atoms with Gasteiger partial charge in [-0.15, -0.1) is 11.3 Å². The number of rotatable bonds is 6. The van der Waals surface area contributed by atoms with Crippen LogP contribution in [-0.4, -0.2) is 30.4 Å². The highest BCUT2D eigenvalue weighted by Gasteiger charge is 2.43. The summed E-state index contributed by atoms with van der Waals surface area (Å²) in [6.07, 6.45) is 4.39. The summed E-state index contributed by atoms with van der Waals surface area (Å²) in [5, 5.41) is 3.02. The predicted molar refractivity (Wildman–Crippen MR) is 91.1 cm³/mol. The summed E-state index contributed by atoms with van der Waals surface area (Å²) in [4.78, 5) is 27.0. The molecule has 2 fully saturated rings. The van der Waals surface area contributed by atoms with E-state index >= 15 is 0 Å². The van der Waals surface area contributed by atoms with E-state index in [4.69, 9.17) is 5.73 Å². The first-order chi connectivity index (χ1) is 11.5. The van der Waals surface area contributed by atoms with Gasteiger partial charge < -0.3 is 11.1 Å². The average Bonchev–Trinajstić information content (AvgIpc) is 3.44. The lowest BCUT2D eigenvalue weighted by Crippen LogP contribution is -2.31. The van der Waals surface area contributed by atoms with Crippen LogP contribution in [-0.2, 0) is 24.1 Å². The third kappa shape index (κ3) is 3.26. The van der Waals surface area contributed by atoms with Crippen molar-refractivity contribution < 1.29 is 14.0 Å². The minimum absolute atomic E-state index is 0.0679. The van der Waals surface area contributed by atoms with Crippen LogP contribution < -0.4 is 11.1 Å². The van der Waals surface area contributed by atoms with Crippen molar-refractivity contribution in [3.8, 4) is 0 Å². The molecule has 0 unspecified atom stereocenters. The minimum Gasteiger partial charge on any atom is -0.352 e. The van der Waals surface area contributed by atoms with Crippen molar-refractivity contribution in [1.29, 1.82) is 0 Å². The zero-order valence-corrected chi connectivity index (χ0v) is 14.5. The highest BCUT2D eigenvalue weighted by Crippen LogP contribution is 2.39. The minimum atomic E-state index is -0.979. The first kappa shape index (κ1) is 16.2. The molecule has 4 nitrogen and oxygen atoms in total. The van der Waals surface area contributed by atoms with Crippen molar-refractivity contribution in [2.24, 2.45) is 17.6 Å². The Bertz CT molecular complexity index is 683. The molecule has 3 N–H and O–H groups in total. The van der Waals surface area contributed by atoms with E-state index in [1.807, 2.05) is 0 Å². The van der Waals surface area contributed by atoms with Crippen LogP contribution in [0.2, 0.25) is 0 Å². The zero-order chi connectivity index (χ0) is 16.8. The summed E-state index contributed by atoms with van der Waals surface area (Å²) in [6, 6.07) is 0.0734. The van der Waals surface area contributed by atoms with Gasteiger partial charge in [0.2, 0.25) is 0 Å². The summed E-state index contributed by atoms with van der Waals surface area (Å²) >= 11 is 1.56. The van der Waals surface area contributed by atoms with E-state index in [0.29, 0.717) is 30.9 Å². The first-order valence-electron chi connectivity index (χ1n) is 8.87. The number of hydrogen-bond acceptors (Lipinski definition) is 4. The lowest BCUT2D eigenvalue weighted by Gasteiger charge is -2.19. The molecular formula is C18H23FN2O2S. The Labute approximate surface area is 145 Å². The summed E-state index contributed by atoms with van der Waals surface area (Å²) in [5.74, 6) is 0.00815. The Kier molecular flexibility index (Phi) is 4.21. The van der Waals surface area contributed by atoms with Gasteiger partial charge in [-0.25, -0.2) is 4.39 Å². The molecular weight excluding hydrogens is 327 g/mol. The number of hydrogen-bond donors (Lipinski definition) is 2. The number of aryl methyl sites for hydroxylation is 1. The molecule has 3 aliphatic carbocycles. The highest BCUT2D eigenvalue weighted by atomic mass is 32.1. The standard InChI is InChI=1S/C18H23FN2O2S/c19-13-6-11(13)14(22)7-16-17(18(23)21-8-9-1-2-9)12-5-10(20)3-4-15(12)24-16/h9-11,13H,1-8,20H2,(H,21,23)/t10-,11-,13-/m0/s1. The Morgan fingerprint density at radius 2 is 2.04 bits per heavy atom. The van der Waals surface area contributed by atoms with Gasteiger partial charge in [0.05, 0.1) is 11.5 Å². The molecule has 2 saturated carbocycles. The van der Waals surface area contributed by atoms with Crippen LogP contribution in [0.25, 0.3) is 0 Å². The summed E-state index contributed by atoms with van der Waals surface area (Å²) in [7, 11) is 0. The van der Waals surface area contributed by atoms with E-state index in [2.05, 4.69) is 5.32 Å². The molecule has 6 heteroatoms. The molecule has 0 radical (unpaired) electrons. The molecule has 0 saturated heterocycles. The van der Waals surface area contributed by atoms with Gasteiger partial charge >= 0.3 is 0 Å². The molecule has 0 bridgehead atoms. The predicted octanol–water partition coefficient (Wildman–Crippen LogP) is 2.17. The molecule has 1 aromatic heterocycles. The van der Waals surface area contributed by atoms with Gasteiger partial charge in [0.1, 0.15) is 12.0 Å². The van der Waals surface area contributed by atoms with Crippen molar-refractivity contribution in [1.82, 2.24) is 5.32 Å². The van der Waals surface area contributed by atoms with Gasteiger partial charge in [0.15, 0.2) is 0 Å². The van der Waals surface area contributed by atoms with Gasteiger partial charge in [0, 0.05) is 28.8 Å². The topological polar surface area (TPSA) is 72.2 Å². The van der Waals surface area contributed by atoms with Crippen LogP contribution in [0.4, 0.5) is 4.39 Å². The van der Waals surface area contributed by atoms with Crippen molar-refractivity contribution in [3.05, 3.63) is 20.9 Å². The SMILES string of the molecule is N[C@H]1CCc2sc(CC(=O)[C@H]3C[C@@H]3F)c(C(=O)NCC3CC3)c2C1. The van der Waals surface area contributed by atoms with Crippen LogP contribution in [0.15, 0.2) is 0 Å². The number of halogens is 1. The lowest BCUT2D eigenvalue weighted by atomic mass is 9.90. The Hall–Kier alpha value is -1.27. The number of fused-ring (bicyclic) bond motifs is 1. The maximum absolute atomic E-state index is 13.2. The number of Topliss-reactive ketones (excluding diaryl/α,β-unsaturated/α-hetero) is 1. The number of amides is 1. The molecule has 0 aliphatic heterocycles. The number of carbonyl (C=O) groups is 2. The lowest BCUT2D eigenvalue weighted by molar-refractivity contribution is -0.119. The van der Waals surface area contributed by atoms with Crippen molar-refractivity contribution in [2.75, 3.05) is 6.54 Å². The summed E-state index contributed by atoms with van der Waals surface area (Å²) in [6.45, 7) is 0.706. The number of alkyl halides is 1. The summed E-state index contributed by atoms with van der Waals surface area (Å²) in [5.41, 5.74) is 7.79. The van der Waals surface area contributed by atoms with Gasteiger partial charge in [-0.2, -0.15) is 0 Å². The van der Waals surface area contributed by atoms with Crippen molar-refractivity contribution in [2.45, 2.75) is 57.2 Å². The number of nitrogens with two attached hydrogens (primary N) is 1. The second-order valence-corrected chi connectivity index (χ2v) is 8.65. The highest BCUT2D eigenvalue weighted by molar-refractivity contribution is 7.12. The van der Waals surface area contributed by atoms with Crippen LogP contribution in [0.5, 0.6) is 0 Å². The van der Waals surface area contributed by atoms with Gasteiger partial charge in [-0.1, -0.05) is 0 Å². The van der Waals surface area contributed by atoms with E-state index < -0.39 is 12.1 Å². The van der Waals surface area contributed by atoms with Crippen molar-refractivity contribution >= 4 is 23.0 Å². The third-order valence-electron chi connectivity index (χ3n) is 5.31. The van der Waals surface area contributed by atoms with E-state index in [-0.39, 0.29) is 24.2 Å². The van der Waals surface area contributed by atoms with Gasteiger partial charge in [0.25, 0.3) is 5.91 Å². The van der Waals surface area contributed by atoms with Gasteiger partial charge in [-0.05, 0) is 50.0 Å². The maximum Gasteiger partial charge on any atom is 0.252 e. The summed E-state index contributed by atoms with van der Waals surface area (Å²) < 4.78 is 13.2. The average molecular weight is 350 g/mol. The molecule has 0 aromatic carbocycles. The van der Waals surface area contributed by atoms with Crippen LogP contribution in [0.1, 0.15) is 51.4 Å². The molecule has 3 atom stereocenters. The molecule has 1 amide bonds. The van der Waals surface area contributed by atoms with Crippen molar-refractivity contribution in [3.63, 3.8) is 0 Å². The fraction of sp³-hybridized carbons (Fsp3) is 0.667. The normalized spacial score (nSPS) is 28.3. The second-order valence-electron chi connectivity index (χ2n) is 7.46. The van der Waals surface area contributed by atoms with Crippen LogP contribution in [0.3, 0.4) is 0 Å². The zero-order valence-electron chi connectivity index (χ0n) is 13.6. The number of thiophene rings is 1. The van der Waals surface area contributed by atoms with E-state index in [9.17, 15) is 14.0 Å². The molecule has 0 spiro atoms. The number of ketones is 1. The monoisotopic (exact) mass is 350 g/mol. The molecule has 1 aromatic rings. The van der Waals surface area contributed by atoms with E-state index in [1.165, 1.54) is 17.7 Å². The second kappa shape index (κ2) is 6.23. The Balaban J connectivity index is 1.58. The van der Waals surface area contributed by atoms with Crippen LogP contribution >= 0.6 is 11.3 Å². The molecule has 4 rings (SSSR count). The van der Waals surface area contributed by atoms with Gasteiger partial charge in [-0.3, -0.25) is 9.59 Å². The fourth-order valence-corrected chi connectivity index (χ4v) is 4.85. The molecule has 130 valence electrons. The number of nitrogens with one attached hydrogen (secondary N) is 1. The maximum atomic E-state index is 13.2. The Morgan fingerprint density at radius 3 is 2.71 bits per heavy atom. The third-order valence-corrected chi connectivity index (χ3v) is 6.60. The Morgan fingerprint density at radius 1 is 1.29 bits per heavy atom. The quantitative estimate of drug-likeness (QED) is 0.826. The molecule has 24 heavy (non-hydrogen) atoms. The van der Waals surface area contributed by atoms with E-state index in [0.717, 1.165) is 23.3 Å². The largest absolute Gasteiger partial charge is 0.352 e. The van der Waals surface area contributed by atoms with E-state index in [1.54, 1.807) is 11.3 Å². The molecule has 3 aliphatic rings. The fourth-order valence-electron chi connectivity index (χ4n) is 3.49.